The van der Waals surface area contributed by atoms with Crippen LogP contribution in [0.4, 0.5) is 0 Å². The van der Waals surface area contributed by atoms with Gasteiger partial charge >= 0.3 is 0 Å². The van der Waals surface area contributed by atoms with Gasteiger partial charge in [0.15, 0.2) is 0 Å². The van der Waals surface area contributed by atoms with Crippen LogP contribution in [0.1, 0.15) is 30.7 Å². The van der Waals surface area contributed by atoms with Crippen LogP contribution in [-0.2, 0) is 18.4 Å². The van der Waals surface area contributed by atoms with Gasteiger partial charge in [0.05, 0.1) is 5.52 Å². The first-order valence-corrected chi connectivity index (χ1v) is 8.51. The van der Waals surface area contributed by atoms with E-state index >= 15 is 0 Å². The Bertz CT molecular complexity index is 815. The number of aryl methyl sites for hydroxylation is 1. The summed E-state index contributed by atoms with van der Waals surface area (Å²) in [6, 6.07) is 6.40. The Kier molecular flexibility index (Phi) is 4.67. The molecule has 0 unspecified atom stereocenters. The van der Waals surface area contributed by atoms with Crippen LogP contribution in [0.3, 0.4) is 0 Å². The molecule has 0 saturated heterocycles. The first-order chi connectivity index (χ1) is 11.5. The second-order valence-electron chi connectivity index (χ2n) is 7.10. The van der Waals surface area contributed by atoms with Crippen LogP contribution in [0.5, 0.6) is 0 Å². The molecule has 3 aromatic heterocycles. The largest absolute Gasteiger partial charge is 0.346 e. The van der Waals surface area contributed by atoms with Gasteiger partial charge in [0.1, 0.15) is 0 Å². The SMILES string of the molecule is CNCCc1cn(CC(C)(C)c2ccc(C)nc2)c2ccncc12. The van der Waals surface area contributed by atoms with E-state index in [2.05, 4.69) is 58.1 Å². The van der Waals surface area contributed by atoms with Crippen molar-refractivity contribution in [3.8, 4) is 0 Å². The quantitative estimate of drug-likeness (QED) is 0.755. The molecular weight excluding hydrogens is 296 g/mol. The smallest absolute Gasteiger partial charge is 0.0514 e. The molecule has 4 nitrogen and oxygen atoms in total. The molecule has 4 heteroatoms. The Labute approximate surface area is 143 Å². The third-order valence-electron chi connectivity index (χ3n) is 4.67. The summed E-state index contributed by atoms with van der Waals surface area (Å²) in [5.74, 6) is 0. The second-order valence-corrected chi connectivity index (χ2v) is 7.10. The fourth-order valence-electron chi connectivity index (χ4n) is 3.19. The molecule has 0 bridgehead atoms. The number of fused-ring (bicyclic) bond motifs is 1. The van der Waals surface area contributed by atoms with E-state index in [-0.39, 0.29) is 5.41 Å². The Morgan fingerprint density at radius 2 is 2.00 bits per heavy atom. The lowest BCUT2D eigenvalue weighted by molar-refractivity contribution is 0.441. The molecule has 0 radical (unpaired) electrons. The van der Waals surface area contributed by atoms with Crippen molar-refractivity contribution in [1.29, 1.82) is 0 Å². The van der Waals surface area contributed by atoms with Crippen molar-refractivity contribution in [3.63, 3.8) is 0 Å². The second kappa shape index (κ2) is 6.73. The number of hydrogen-bond donors (Lipinski definition) is 1. The van der Waals surface area contributed by atoms with E-state index in [9.17, 15) is 0 Å². The van der Waals surface area contributed by atoms with Crippen LogP contribution in [0.2, 0.25) is 0 Å². The summed E-state index contributed by atoms with van der Waals surface area (Å²) in [6.07, 6.45) is 9.16. The Hall–Kier alpha value is -2.20. The van der Waals surface area contributed by atoms with Crippen LogP contribution >= 0.6 is 0 Å². The van der Waals surface area contributed by atoms with Crippen LogP contribution in [0, 0.1) is 6.92 Å². The Balaban J connectivity index is 1.95. The lowest BCUT2D eigenvalue weighted by atomic mass is 9.85. The van der Waals surface area contributed by atoms with Crippen LogP contribution < -0.4 is 5.32 Å². The zero-order valence-corrected chi connectivity index (χ0v) is 15.0. The summed E-state index contributed by atoms with van der Waals surface area (Å²) in [5.41, 5.74) is 4.94. The number of aromatic nitrogens is 3. The van der Waals surface area contributed by atoms with Gasteiger partial charge in [-0.1, -0.05) is 19.9 Å². The average molecular weight is 322 g/mol. The molecule has 3 heterocycles. The number of nitrogens with zero attached hydrogens (tertiary/aromatic N) is 3. The van der Waals surface area contributed by atoms with Crippen molar-refractivity contribution in [2.24, 2.45) is 0 Å². The molecule has 0 amide bonds. The van der Waals surface area contributed by atoms with Gasteiger partial charge in [-0.3, -0.25) is 9.97 Å². The van der Waals surface area contributed by atoms with E-state index in [1.807, 2.05) is 32.6 Å². The molecule has 0 aliphatic carbocycles. The number of hydrogen-bond acceptors (Lipinski definition) is 3. The van der Waals surface area contributed by atoms with Crippen LogP contribution in [-0.4, -0.2) is 28.1 Å². The molecule has 0 fully saturated rings. The standard InChI is InChI=1S/C20H26N4/c1-15-5-6-17(11-23-15)20(2,3)14-24-13-16(7-9-21-4)18-12-22-10-8-19(18)24/h5-6,8,10-13,21H,7,9,14H2,1-4H3. The first-order valence-electron chi connectivity index (χ1n) is 8.51. The fraction of sp³-hybridized carbons (Fsp3) is 0.400. The lowest BCUT2D eigenvalue weighted by Crippen LogP contribution is -2.24. The van der Waals surface area contributed by atoms with E-state index in [0.717, 1.165) is 25.2 Å². The van der Waals surface area contributed by atoms with Crippen molar-refractivity contribution in [1.82, 2.24) is 19.9 Å². The average Bonchev–Trinajstić information content (AvgIpc) is 2.91. The third kappa shape index (κ3) is 3.34. The van der Waals surface area contributed by atoms with Gasteiger partial charge in [-0.15, -0.1) is 0 Å². The molecular formula is C20H26N4. The molecule has 0 aliphatic rings. The summed E-state index contributed by atoms with van der Waals surface area (Å²) in [4.78, 5) is 8.78. The van der Waals surface area contributed by atoms with E-state index in [1.54, 1.807) is 0 Å². The molecule has 0 aliphatic heterocycles. The fourth-order valence-corrected chi connectivity index (χ4v) is 3.19. The minimum absolute atomic E-state index is 0.0101. The summed E-state index contributed by atoms with van der Waals surface area (Å²) >= 11 is 0. The van der Waals surface area contributed by atoms with Gasteiger partial charge in [0, 0.05) is 47.8 Å². The Morgan fingerprint density at radius 1 is 1.17 bits per heavy atom. The molecule has 0 aromatic carbocycles. The molecule has 0 spiro atoms. The number of rotatable bonds is 6. The predicted octanol–water partition coefficient (Wildman–Crippen LogP) is 3.48. The maximum absolute atomic E-state index is 4.47. The molecule has 0 atom stereocenters. The van der Waals surface area contributed by atoms with Crippen LogP contribution in [0.25, 0.3) is 10.9 Å². The molecule has 24 heavy (non-hydrogen) atoms. The minimum Gasteiger partial charge on any atom is -0.346 e. The number of likely N-dealkylation sites (N-methyl/N-ethyl adjacent to an activating group) is 1. The molecule has 3 aromatic rings. The maximum Gasteiger partial charge on any atom is 0.0514 e. The van der Waals surface area contributed by atoms with E-state index in [0.29, 0.717) is 0 Å². The van der Waals surface area contributed by atoms with Gasteiger partial charge in [-0.25, -0.2) is 0 Å². The molecule has 1 N–H and O–H groups in total. The van der Waals surface area contributed by atoms with Gasteiger partial charge in [0.25, 0.3) is 0 Å². The topological polar surface area (TPSA) is 42.7 Å². The van der Waals surface area contributed by atoms with Crippen molar-refractivity contribution in [2.75, 3.05) is 13.6 Å². The maximum atomic E-state index is 4.47. The van der Waals surface area contributed by atoms with E-state index in [4.69, 9.17) is 0 Å². The highest BCUT2D eigenvalue weighted by molar-refractivity contribution is 5.83. The zero-order valence-electron chi connectivity index (χ0n) is 15.0. The van der Waals surface area contributed by atoms with E-state index < -0.39 is 0 Å². The summed E-state index contributed by atoms with van der Waals surface area (Å²) in [5, 5.41) is 4.49. The van der Waals surface area contributed by atoms with Gasteiger partial charge in [-0.05, 0) is 50.2 Å². The number of nitrogens with one attached hydrogen (secondary N) is 1. The summed E-state index contributed by atoms with van der Waals surface area (Å²) < 4.78 is 2.36. The first kappa shape index (κ1) is 16.7. The number of pyridine rings is 2. The highest BCUT2D eigenvalue weighted by Gasteiger charge is 2.23. The normalized spacial score (nSPS) is 12.0. The summed E-state index contributed by atoms with van der Waals surface area (Å²) in [7, 11) is 1.99. The van der Waals surface area contributed by atoms with E-state index in [1.165, 1.54) is 22.0 Å². The Morgan fingerprint density at radius 3 is 2.71 bits per heavy atom. The highest BCUT2D eigenvalue weighted by Crippen LogP contribution is 2.29. The van der Waals surface area contributed by atoms with Gasteiger partial charge in [-0.2, -0.15) is 0 Å². The third-order valence-corrected chi connectivity index (χ3v) is 4.67. The van der Waals surface area contributed by atoms with Gasteiger partial charge in [0.2, 0.25) is 0 Å². The van der Waals surface area contributed by atoms with Crippen molar-refractivity contribution in [3.05, 3.63) is 59.8 Å². The lowest BCUT2D eigenvalue weighted by Gasteiger charge is -2.26. The zero-order chi connectivity index (χ0) is 17.2. The molecule has 3 rings (SSSR count). The van der Waals surface area contributed by atoms with Crippen molar-refractivity contribution in [2.45, 2.75) is 39.2 Å². The monoisotopic (exact) mass is 322 g/mol. The van der Waals surface area contributed by atoms with Crippen molar-refractivity contribution < 1.29 is 0 Å². The molecule has 0 saturated carbocycles. The predicted molar refractivity (Wildman–Crippen MR) is 99.4 cm³/mol. The van der Waals surface area contributed by atoms with Crippen LogP contribution in [0.15, 0.2) is 43.0 Å². The minimum atomic E-state index is 0.0101. The van der Waals surface area contributed by atoms with Gasteiger partial charge < -0.3 is 9.88 Å². The summed E-state index contributed by atoms with van der Waals surface area (Å²) in [6.45, 7) is 8.47. The molecule has 126 valence electrons. The highest BCUT2D eigenvalue weighted by atomic mass is 15.0. The van der Waals surface area contributed by atoms with Crippen molar-refractivity contribution >= 4 is 10.9 Å².